The van der Waals surface area contributed by atoms with Gasteiger partial charge in [-0.2, -0.15) is 0 Å². The first kappa shape index (κ1) is 20.7. The molecule has 0 unspecified atom stereocenters. The van der Waals surface area contributed by atoms with E-state index in [-0.39, 0.29) is 17.9 Å². The van der Waals surface area contributed by atoms with Gasteiger partial charge in [0.25, 0.3) is 5.91 Å². The zero-order chi connectivity index (χ0) is 20.5. The number of hydrogen-bond donors (Lipinski definition) is 2. The van der Waals surface area contributed by atoms with Crippen molar-refractivity contribution in [2.24, 2.45) is 0 Å². The summed E-state index contributed by atoms with van der Waals surface area (Å²) in [7, 11) is 0. The molecule has 148 valence electrons. The topological polar surface area (TPSA) is 58.2 Å². The van der Waals surface area contributed by atoms with Crippen LogP contribution in [0.5, 0.6) is 0 Å². The minimum atomic E-state index is -0.212. The molecule has 5 heteroatoms. The molecule has 3 rings (SSSR count). The Morgan fingerprint density at radius 2 is 1.48 bits per heavy atom. The van der Waals surface area contributed by atoms with Gasteiger partial charge < -0.3 is 10.6 Å². The second kappa shape index (κ2) is 10.5. The molecule has 0 aliphatic rings. The fourth-order valence-corrected chi connectivity index (χ4v) is 3.75. The maximum Gasteiger partial charge on any atom is 0.253 e. The molecule has 0 saturated carbocycles. The Morgan fingerprint density at radius 1 is 0.862 bits per heavy atom. The third-order valence-corrected chi connectivity index (χ3v) is 5.45. The third kappa shape index (κ3) is 6.22. The van der Waals surface area contributed by atoms with E-state index in [0.29, 0.717) is 23.4 Å². The van der Waals surface area contributed by atoms with E-state index in [2.05, 4.69) is 10.6 Å². The molecule has 0 saturated heterocycles. The molecule has 29 heavy (non-hydrogen) atoms. The van der Waals surface area contributed by atoms with Crippen LogP contribution in [-0.4, -0.2) is 17.6 Å². The number of rotatable bonds is 8. The maximum absolute atomic E-state index is 12.8. The van der Waals surface area contributed by atoms with Crippen molar-refractivity contribution in [3.8, 4) is 0 Å². The van der Waals surface area contributed by atoms with Gasteiger partial charge in [-0.15, -0.1) is 11.8 Å². The number of carbonyl (C=O) groups excluding carboxylic acids is 2. The Bertz CT molecular complexity index is 945. The minimum Gasteiger partial charge on any atom is -0.345 e. The second-order valence-corrected chi connectivity index (χ2v) is 7.78. The van der Waals surface area contributed by atoms with E-state index >= 15 is 0 Å². The van der Waals surface area contributed by atoms with Crippen LogP contribution in [0.1, 0.15) is 35.3 Å². The van der Waals surface area contributed by atoms with Gasteiger partial charge in [0.1, 0.15) is 0 Å². The first-order valence-electron chi connectivity index (χ1n) is 9.56. The summed E-state index contributed by atoms with van der Waals surface area (Å²) < 4.78 is 0. The molecule has 2 amide bonds. The molecule has 0 aromatic heterocycles. The number of hydrogen-bond acceptors (Lipinski definition) is 3. The summed E-state index contributed by atoms with van der Waals surface area (Å²) in [5, 5.41) is 5.87. The molecular weight excluding hydrogens is 380 g/mol. The van der Waals surface area contributed by atoms with Crippen LogP contribution in [0.15, 0.2) is 89.8 Å². The lowest BCUT2D eigenvalue weighted by molar-refractivity contribution is -0.115. The summed E-state index contributed by atoms with van der Waals surface area (Å²) in [6.45, 7) is 1.94. The molecule has 0 radical (unpaired) electrons. The zero-order valence-corrected chi connectivity index (χ0v) is 17.1. The fourth-order valence-electron chi connectivity index (χ4n) is 2.88. The lowest BCUT2D eigenvalue weighted by Gasteiger charge is -2.16. The molecule has 1 atom stereocenters. The second-order valence-electron chi connectivity index (χ2n) is 6.61. The van der Waals surface area contributed by atoms with Gasteiger partial charge in [0.15, 0.2) is 0 Å². The molecule has 0 heterocycles. The number of anilines is 1. The van der Waals surface area contributed by atoms with Crippen molar-refractivity contribution in [3.05, 3.63) is 96.1 Å². The Balaban J connectivity index is 1.57. The Morgan fingerprint density at radius 3 is 2.21 bits per heavy atom. The van der Waals surface area contributed by atoms with E-state index in [0.717, 1.165) is 10.5 Å². The van der Waals surface area contributed by atoms with Crippen molar-refractivity contribution in [2.75, 3.05) is 11.1 Å². The van der Waals surface area contributed by atoms with E-state index in [1.807, 2.05) is 73.7 Å². The molecular formula is C24H24N2O2S. The van der Waals surface area contributed by atoms with Gasteiger partial charge in [0.05, 0.1) is 17.3 Å². The van der Waals surface area contributed by atoms with Crippen LogP contribution in [0.2, 0.25) is 0 Å². The monoisotopic (exact) mass is 404 g/mol. The van der Waals surface area contributed by atoms with Gasteiger partial charge in [0.2, 0.25) is 5.91 Å². The van der Waals surface area contributed by atoms with Crippen molar-refractivity contribution in [3.63, 3.8) is 0 Å². The van der Waals surface area contributed by atoms with Crippen molar-refractivity contribution in [1.29, 1.82) is 0 Å². The summed E-state index contributed by atoms with van der Waals surface area (Å²) in [6.07, 6.45) is 0.371. The highest BCUT2D eigenvalue weighted by molar-refractivity contribution is 7.99. The quantitative estimate of drug-likeness (QED) is 0.501. The number of amides is 2. The standard InChI is InChI=1S/C24H24N2O2S/c1-18(19-10-4-2-5-11-19)25-24(28)21-14-8-9-15-22(21)26-23(27)16-17-29-20-12-6-3-7-13-20/h2-15,18H,16-17H2,1H3,(H,25,28)(H,26,27)/t18-/m0/s1. The number of para-hydroxylation sites is 1. The van der Waals surface area contributed by atoms with Crippen LogP contribution in [0.3, 0.4) is 0 Å². The summed E-state index contributed by atoms with van der Waals surface area (Å²) in [4.78, 5) is 26.3. The average Bonchev–Trinajstić information content (AvgIpc) is 2.75. The van der Waals surface area contributed by atoms with Gasteiger partial charge in [-0.1, -0.05) is 60.7 Å². The first-order valence-corrected chi connectivity index (χ1v) is 10.5. The van der Waals surface area contributed by atoms with Crippen LogP contribution in [0.25, 0.3) is 0 Å². The van der Waals surface area contributed by atoms with E-state index < -0.39 is 0 Å². The van der Waals surface area contributed by atoms with Crippen LogP contribution in [0, 0.1) is 0 Å². The van der Waals surface area contributed by atoms with Crippen LogP contribution in [0.4, 0.5) is 5.69 Å². The Kier molecular flexibility index (Phi) is 7.47. The Hall–Kier alpha value is -3.05. The lowest BCUT2D eigenvalue weighted by atomic mass is 10.1. The normalized spacial score (nSPS) is 11.5. The number of nitrogens with one attached hydrogen (secondary N) is 2. The molecule has 0 bridgehead atoms. The molecule has 3 aromatic rings. The molecule has 2 N–H and O–H groups in total. The predicted octanol–water partition coefficient (Wildman–Crippen LogP) is 5.30. The number of thioether (sulfide) groups is 1. The van der Waals surface area contributed by atoms with Crippen molar-refractivity contribution < 1.29 is 9.59 Å². The maximum atomic E-state index is 12.8. The van der Waals surface area contributed by atoms with Crippen molar-refractivity contribution >= 4 is 29.3 Å². The lowest BCUT2D eigenvalue weighted by Crippen LogP contribution is -2.28. The summed E-state index contributed by atoms with van der Waals surface area (Å²) in [5.41, 5.74) is 2.01. The smallest absolute Gasteiger partial charge is 0.253 e. The van der Waals surface area contributed by atoms with E-state index in [1.54, 1.807) is 30.0 Å². The molecule has 3 aromatic carbocycles. The summed E-state index contributed by atoms with van der Waals surface area (Å²) >= 11 is 1.64. The van der Waals surface area contributed by atoms with Gasteiger partial charge in [-0.3, -0.25) is 9.59 Å². The first-order chi connectivity index (χ1) is 14.1. The SMILES string of the molecule is C[C@H](NC(=O)c1ccccc1NC(=O)CCSc1ccccc1)c1ccccc1. The number of carbonyl (C=O) groups is 2. The van der Waals surface area contributed by atoms with Crippen LogP contribution >= 0.6 is 11.8 Å². The van der Waals surface area contributed by atoms with Gasteiger partial charge >= 0.3 is 0 Å². The highest BCUT2D eigenvalue weighted by Gasteiger charge is 2.16. The molecule has 0 aliphatic carbocycles. The molecule has 4 nitrogen and oxygen atoms in total. The van der Waals surface area contributed by atoms with E-state index in [4.69, 9.17) is 0 Å². The molecule has 0 spiro atoms. The third-order valence-electron chi connectivity index (χ3n) is 4.43. The van der Waals surface area contributed by atoms with Gasteiger partial charge in [-0.05, 0) is 36.8 Å². The van der Waals surface area contributed by atoms with E-state index in [9.17, 15) is 9.59 Å². The molecule has 0 aliphatic heterocycles. The highest BCUT2D eigenvalue weighted by atomic mass is 32.2. The van der Waals surface area contributed by atoms with E-state index in [1.165, 1.54) is 0 Å². The predicted molar refractivity (Wildman–Crippen MR) is 119 cm³/mol. The summed E-state index contributed by atoms with van der Waals surface area (Å²) in [6, 6.07) is 26.7. The average molecular weight is 405 g/mol. The van der Waals surface area contributed by atoms with Crippen LogP contribution < -0.4 is 10.6 Å². The van der Waals surface area contributed by atoms with Gasteiger partial charge in [0, 0.05) is 17.1 Å². The van der Waals surface area contributed by atoms with Gasteiger partial charge in [-0.25, -0.2) is 0 Å². The largest absolute Gasteiger partial charge is 0.345 e. The zero-order valence-electron chi connectivity index (χ0n) is 16.3. The fraction of sp³-hybridized carbons (Fsp3) is 0.167. The van der Waals surface area contributed by atoms with Crippen molar-refractivity contribution in [2.45, 2.75) is 24.3 Å². The molecule has 0 fully saturated rings. The summed E-state index contributed by atoms with van der Waals surface area (Å²) in [5.74, 6) is 0.357. The Labute approximate surface area is 175 Å². The highest BCUT2D eigenvalue weighted by Crippen LogP contribution is 2.20. The van der Waals surface area contributed by atoms with Crippen molar-refractivity contribution in [1.82, 2.24) is 5.32 Å². The van der Waals surface area contributed by atoms with Crippen LogP contribution in [-0.2, 0) is 4.79 Å². The number of benzene rings is 3. The minimum absolute atomic E-state index is 0.107.